The number of carbonyl (C=O) groups excluding carboxylic acids is 3. The van der Waals surface area contributed by atoms with E-state index in [0.29, 0.717) is 24.2 Å². The van der Waals surface area contributed by atoms with Crippen LogP contribution < -0.4 is 10.7 Å². The van der Waals surface area contributed by atoms with Crippen molar-refractivity contribution in [3.8, 4) is 0 Å². The number of carbonyl (C=O) groups is 3. The van der Waals surface area contributed by atoms with Crippen molar-refractivity contribution in [2.24, 2.45) is 28.8 Å². The zero-order chi connectivity index (χ0) is 38.8. The first-order chi connectivity index (χ1) is 25.0. The molecule has 15 nitrogen and oxygen atoms in total. The summed E-state index contributed by atoms with van der Waals surface area (Å²) in [5, 5.41) is 19.1. The van der Waals surface area contributed by atoms with Gasteiger partial charge in [-0.2, -0.15) is 5.10 Å². The van der Waals surface area contributed by atoms with Crippen molar-refractivity contribution in [1.82, 2.24) is 15.2 Å². The van der Waals surface area contributed by atoms with Crippen LogP contribution in [0.1, 0.15) is 74.7 Å². The quantitative estimate of drug-likeness (QED) is 0.285. The molecule has 5 heterocycles. The number of hydrogen-bond acceptors (Lipinski definition) is 14. The molecule has 1 aromatic rings. The number of hydrogen-bond donors (Lipinski definition) is 3. The molecule has 4 aliphatic heterocycles. The Kier molecular flexibility index (Phi) is 12.9. The molecular formula is C38H59N5O10. The minimum atomic E-state index is -1.31. The maximum atomic E-state index is 14.4. The smallest absolute Gasteiger partial charge is 0.408 e. The normalized spacial score (nSPS) is 42.4. The molecule has 2 bridgehead atoms. The lowest BCUT2D eigenvalue weighted by Gasteiger charge is -2.48. The fourth-order valence-corrected chi connectivity index (χ4v) is 8.68. The summed E-state index contributed by atoms with van der Waals surface area (Å²) in [7, 11) is 3.81. The van der Waals surface area contributed by atoms with E-state index in [1.165, 1.54) is 0 Å². The second-order valence-electron chi connectivity index (χ2n) is 16.0. The average molecular weight is 746 g/mol. The van der Waals surface area contributed by atoms with E-state index in [2.05, 4.69) is 20.8 Å². The zero-order valence-electron chi connectivity index (χ0n) is 32.7. The van der Waals surface area contributed by atoms with Crippen molar-refractivity contribution in [3.05, 3.63) is 24.5 Å². The van der Waals surface area contributed by atoms with E-state index in [-0.39, 0.29) is 37.6 Å². The molecule has 3 N–H and O–H groups in total. The first kappa shape index (κ1) is 41.0. The molecule has 5 rings (SSSR count). The lowest BCUT2D eigenvalue weighted by Crippen LogP contribution is -2.60. The number of alkyl carbamates (subject to hydrolysis) is 1. The highest BCUT2D eigenvalue weighted by Gasteiger charge is 2.57. The molecule has 1 amide bonds. The van der Waals surface area contributed by atoms with E-state index in [1.54, 1.807) is 39.2 Å². The number of ketones is 1. The Bertz CT molecular complexity index is 1480. The number of rotatable bonds is 6. The highest BCUT2D eigenvalue weighted by atomic mass is 16.7. The van der Waals surface area contributed by atoms with Gasteiger partial charge in [0.15, 0.2) is 11.9 Å². The first-order valence-corrected chi connectivity index (χ1v) is 18.8. The highest BCUT2D eigenvalue weighted by molar-refractivity contribution is 5.88. The van der Waals surface area contributed by atoms with Crippen LogP contribution in [-0.4, -0.2) is 126 Å². The summed E-state index contributed by atoms with van der Waals surface area (Å²) < 4.78 is 38.6. The number of esters is 1. The van der Waals surface area contributed by atoms with Crippen LogP contribution in [0.2, 0.25) is 0 Å². The van der Waals surface area contributed by atoms with Gasteiger partial charge in [-0.3, -0.25) is 20.0 Å². The van der Waals surface area contributed by atoms with Gasteiger partial charge in [0.1, 0.15) is 18.0 Å². The molecule has 14 atom stereocenters. The fourth-order valence-electron chi connectivity index (χ4n) is 8.68. The second kappa shape index (κ2) is 16.7. The molecule has 1 aromatic heterocycles. The number of nitrogens with one attached hydrogen (secondary N) is 2. The van der Waals surface area contributed by atoms with Gasteiger partial charge in [0.05, 0.1) is 66.7 Å². The van der Waals surface area contributed by atoms with Crippen LogP contribution in [0.25, 0.3) is 0 Å². The van der Waals surface area contributed by atoms with Gasteiger partial charge >= 0.3 is 12.1 Å². The number of cyclic esters (lactones) is 1. The molecule has 0 unspecified atom stereocenters. The van der Waals surface area contributed by atoms with Crippen LogP contribution in [0.3, 0.4) is 0 Å². The molecule has 0 aromatic carbocycles. The summed E-state index contributed by atoms with van der Waals surface area (Å²) in [6.45, 7) is 14.6. The number of nitrogens with zero attached hydrogens (tertiary/aromatic N) is 3. The van der Waals surface area contributed by atoms with Gasteiger partial charge in [-0.1, -0.05) is 27.7 Å². The number of hydrazone groups is 1. The van der Waals surface area contributed by atoms with Crippen molar-refractivity contribution in [2.75, 3.05) is 32.7 Å². The first-order valence-electron chi connectivity index (χ1n) is 18.8. The van der Waals surface area contributed by atoms with Crippen LogP contribution in [0.4, 0.5) is 10.5 Å². The van der Waals surface area contributed by atoms with E-state index < -0.39 is 83.7 Å². The fraction of sp³-hybridized carbons (Fsp3) is 0.763. The maximum Gasteiger partial charge on any atom is 0.408 e. The van der Waals surface area contributed by atoms with Gasteiger partial charge in [0.2, 0.25) is 0 Å². The van der Waals surface area contributed by atoms with Gasteiger partial charge in [-0.25, -0.2) is 4.79 Å². The Morgan fingerprint density at radius 2 is 1.85 bits per heavy atom. The van der Waals surface area contributed by atoms with Gasteiger partial charge in [0, 0.05) is 30.0 Å². The number of Topliss-reactive ketones (excluding diaryl/α,β-unsaturated/α-hetero) is 1. The maximum absolute atomic E-state index is 14.4. The Hall–Kier alpha value is -3.21. The SMILES string of the molecule is CC[C@H]1OC(=O)[C@H](C)[C@H]2OC/C(=N/Nc3cccnc3)CO[C@](C)(C[C@@H](C)C(=O)[C@H](C)[C@H]3NC(=O)O[C@@]31C)[C@H](O[C@@H]1O[C@H](C)C[C@H](N(C)C)[C@H]1O)[C@H]2C. The number of aliphatic hydroxyl groups is 1. The zero-order valence-corrected chi connectivity index (χ0v) is 32.7. The number of amides is 1. The number of anilines is 1. The third-order valence-electron chi connectivity index (χ3n) is 11.7. The molecule has 296 valence electrons. The van der Waals surface area contributed by atoms with Crippen LogP contribution in [0, 0.1) is 23.7 Å². The van der Waals surface area contributed by atoms with Crippen molar-refractivity contribution in [3.63, 3.8) is 0 Å². The van der Waals surface area contributed by atoms with E-state index in [1.807, 2.05) is 59.7 Å². The summed E-state index contributed by atoms with van der Waals surface area (Å²) in [4.78, 5) is 47.5. The summed E-state index contributed by atoms with van der Waals surface area (Å²) in [5.74, 6) is -3.44. The average Bonchev–Trinajstić information content (AvgIpc) is 3.45. The minimum absolute atomic E-state index is 0.00493. The van der Waals surface area contributed by atoms with E-state index in [9.17, 15) is 19.5 Å². The molecule has 15 heteroatoms. The van der Waals surface area contributed by atoms with Gasteiger partial charge in [-0.05, 0) is 73.2 Å². The monoisotopic (exact) mass is 745 g/mol. The van der Waals surface area contributed by atoms with E-state index in [0.717, 1.165) is 0 Å². The number of aromatic nitrogens is 1. The van der Waals surface area contributed by atoms with Gasteiger partial charge in [-0.15, -0.1) is 0 Å². The van der Waals surface area contributed by atoms with Crippen LogP contribution in [-0.2, 0) is 38.0 Å². The predicted molar refractivity (Wildman–Crippen MR) is 195 cm³/mol. The minimum Gasteiger partial charge on any atom is -0.458 e. The molecular weight excluding hydrogens is 686 g/mol. The Balaban J connectivity index is 1.62. The van der Waals surface area contributed by atoms with Gasteiger partial charge in [0.25, 0.3) is 0 Å². The number of likely N-dealkylation sites (N-methyl/N-ethyl adjacent to an activating group) is 1. The second-order valence-corrected chi connectivity index (χ2v) is 16.0. The number of pyridine rings is 1. The van der Waals surface area contributed by atoms with E-state index >= 15 is 0 Å². The molecule has 4 fully saturated rings. The summed E-state index contributed by atoms with van der Waals surface area (Å²) in [5.41, 5.74) is 1.64. The molecule has 0 radical (unpaired) electrons. The molecule has 53 heavy (non-hydrogen) atoms. The third-order valence-corrected chi connectivity index (χ3v) is 11.7. The van der Waals surface area contributed by atoms with Crippen LogP contribution in [0.15, 0.2) is 29.6 Å². The summed E-state index contributed by atoms with van der Waals surface area (Å²) >= 11 is 0. The predicted octanol–water partition coefficient (Wildman–Crippen LogP) is 3.54. The van der Waals surface area contributed by atoms with Crippen molar-refractivity contribution < 1.29 is 47.9 Å². The Morgan fingerprint density at radius 1 is 1.11 bits per heavy atom. The highest BCUT2D eigenvalue weighted by Crippen LogP contribution is 2.42. The standard InChI is InChI=1S/C38H59N5O10/c1-11-28-38(8)32(40-36(47)53-38)22(4)29(44)20(2)16-37(7)33(52-35-30(45)27(43(9)10)15-21(3)50-35)23(5)31(24(6)34(46)51-28)48-18-26(19-49-37)42-41-25-13-12-14-39-17-25/h12-14,17,20-24,27-28,30-33,35,41,45H,11,15-16,18-19H2,1-10H3,(H,40,47)/b42-26-/t20-,21-,22+,23+,24-,27+,28-,30-,31+,32-,33-,35+,37-,38-/m1/s1. The van der Waals surface area contributed by atoms with Crippen molar-refractivity contribution >= 4 is 29.2 Å². The topological polar surface area (TPSA) is 179 Å². The summed E-state index contributed by atoms with van der Waals surface area (Å²) in [6.07, 6.45) is -1.10. The van der Waals surface area contributed by atoms with E-state index in [4.69, 9.17) is 28.4 Å². The Morgan fingerprint density at radius 3 is 2.51 bits per heavy atom. The lowest BCUT2D eigenvalue weighted by molar-refractivity contribution is -0.302. The Labute approximate surface area is 312 Å². The van der Waals surface area contributed by atoms with Crippen LogP contribution in [0.5, 0.6) is 0 Å². The van der Waals surface area contributed by atoms with Crippen LogP contribution >= 0.6 is 0 Å². The number of fused-ring (bicyclic) bond motifs is 4. The number of aliphatic hydroxyl groups excluding tert-OH is 1. The molecule has 0 spiro atoms. The van der Waals surface area contributed by atoms with Gasteiger partial charge < -0.3 is 43.7 Å². The molecule has 0 aliphatic carbocycles. The number of ether oxygens (including phenoxy) is 6. The van der Waals surface area contributed by atoms with Crippen molar-refractivity contribution in [1.29, 1.82) is 0 Å². The third kappa shape index (κ3) is 8.70. The molecule has 4 aliphatic rings. The lowest BCUT2D eigenvalue weighted by atomic mass is 9.73. The van der Waals surface area contributed by atoms with Crippen molar-refractivity contribution in [2.45, 2.75) is 135 Å². The molecule has 4 saturated heterocycles. The largest absolute Gasteiger partial charge is 0.458 e. The molecule has 0 saturated carbocycles. The summed E-state index contributed by atoms with van der Waals surface area (Å²) in [6, 6.07) is 2.59.